The van der Waals surface area contributed by atoms with Crippen LogP contribution in [0.1, 0.15) is 38.2 Å². The quantitative estimate of drug-likeness (QED) is 0.899. The number of nitrogens with one attached hydrogen (secondary N) is 1. The molecule has 3 rings (SSSR count). The van der Waals surface area contributed by atoms with E-state index in [1.165, 1.54) is 0 Å². The van der Waals surface area contributed by atoms with E-state index in [4.69, 9.17) is 4.74 Å². The Hall–Kier alpha value is -2.30. The topological polar surface area (TPSA) is 75.6 Å². The van der Waals surface area contributed by atoms with Gasteiger partial charge >= 0.3 is 5.97 Å². The van der Waals surface area contributed by atoms with E-state index in [2.05, 4.69) is 5.32 Å². The lowest BCUT2D eigenvalue weighted by atomic mass is 9.73. The highest BCUT2D eigenvalue weighted by molar-refractivity contribution is 5.99. The number of carbonyl (C=O) groups is 2. The number of para-hydroxylation sites is 1. The Morgan fingerprint density at radius 1 is 1.30 bits per heavy atom. The molecule has 2 unspecified atom stereocenters. The van der Waals surface area contributed by atoms with Crippen LogP contribution in [0.3, 0.4) is 0 Å². The van der Waals surface area contributed by atoms with Gasteiger partial charge in [-0.3, -0.25) is 9.59 Å². The lowest BCUT2D eigenvalue weighted by Gasteiger charge is -2.40. The monoisotopic (exact) mass is 315 g/mol. The summed E-state index contributed by atoms with van der Waals surface area (Å²) in [6.45, 7) is 2.04. The number of amides is 1. The summed E-state index contributed by atoms with van der Waals surface area (Å²) in [5.41, 5.74) is 0.686. The second kappa shape index (κ2) is 6.07. The fourth-order valence-corrected chi connectivity index (χ4v) is 3.47. The van der Waals surface area contributed by atoms with Crippen molar-refractivity contribution in [3.05, 3.63) is 35.4 Å². The fraction of sp³-hybridized carbons (Fsp3) is 0.444. The molecule has 1 aromatic rings. The molecule has 1 aliphatic heterocycles. The fourth-order valence-electron chi connectivity index (χ4n) is 3.47. The Balaban J connectivity index is 1.79. The number of rotatable bonds is 3. The third kappa shape index (κ3) is 3.09. The SMILES string of the molecule is CC1(NC(=O)C2=Cc3ccccc3OC2)CCCCC1C(=O)O. The molecular formula is C18H21NO4. The molecule has 5 nitrogen and oxygen atoms in total. The van der Waals surface area contributed by atoms with Gasteiger partial charge in [0.2, 0.25) is 0 Å². The lowest BCUT2D eigenvalue weighted by Crippen LogP contribution is -2.56. The summed E-state index contributed by atoms with van der Waals surface area (Å²) >= 11 is 0. The number of ether oxygens (including phenoxy) is 1. The van der Waals surface area contributed by atoms with E-state index in [9.17, 15) is 14.7 Å². The van der Waals surface area contributed by atoms with Gasteiger partial charge in [-0.1, -0.05) is 31.0 Å². The normalized spacial score (nSPS) is 26.5. The van der Waals surface area contributed by atoms with Crippen LogP contribution in [-0.2, 0) is 9.59 Å². The van der Waals surface area contributed by atoms with Crippen LogP contribution in [0.5, 0.6) is 5.75 Å². The van der Waals surface area contributed by atoms with Crippen LogP contribution in [0.15, 0.2) is 29.8 Å². The smallest absolute Gasteiger partial charge is 0.308 e. The van der Waals surface area contributed by atoms with Crippen LogP contribution < -0.4 is 10.1 Å². The van der Waals surface area contributed by atoms with Crippen molar-refractivity contribution in [2.24, 2.45) is 5.92 Å². The Kier molecular flexibility index (Phi) is 4.11. The van der Waals surface area contributed by atoms with Gasteiger partial charge in [-0.05, 0) is 31.9 Å². The van der Waals surface area contributed by atoms with Crippen molar-refractivity contribution in [2.45, 2.75) is 38.1 Å². The van der Waals surface area contributed by atoms with Gasteiger partial charge < -0.3 is 15.2 Å². The van der Waals surface area contributed by atoms with Crippen molar-refractivity contribution in [1.82, 2.24) is 5.32 Å². The molecule has 122 valence electrons. The summed E-state index contributed by atoms with van der Waals surface area (Å²) in [5.74, 6) is -0.865. The zero-order valence-electron chi connectivity index (χ0n) is 13.2. The summed E-state index contributed by atoms with van der Waals surface area (Å²) < 4.78 is 5.61. The van der Waals surface area contributed by atoms with Crippen LogP contribution in [0.25, 0.3) is 6.08 Å². The summed E-state index contributed by atoms with van der Waals surface area (Å²) in [6.07, 6.45) is 4.92. The first-order valence-electron chi connectivity index (χ1n) is 7.97. The van der Waals surface area contributed by atoms with E-state index in [-0.39, 0.29) is 12.5 Å². The van der Waals surface area contributed by atoms with Crippen molar-refractivity contribution in [1.29, 1.82) is 0 Å². The number of aliphatic carboxylic acids is 1. The molecule has 0 saturated heterocycles. The van der Waals surface area contributed by atoms with Gasteiger partial charge in [0.1, 0.15) is 12.4 Å². The minimum absolute atomic E-state index is 0.205. The van der Waals surface area contributed by atoms with Crippen LogP contribution >= 0.6 is 0 Å². The molecule has 1 aromatic carbocycles. The van der Waals surface area contributed by atoms with E-state index < -0.39 is 17.4 Å². The number of carboxylic acid groups (broad SMARTS) is 1. The molecule has 1 amide bonds. The second-order valence-corrected chi connectivity index (χ2v) is 6.50. The van der Waals surface area contributed by atoms with Crippen LogP contribution in [0.4, 0.5) is 0 Å². The molecule has 1 saturated carbocycles. The molecule has 1 heterocycles. The highest BCUT2D eigenvalue weighted by Crippen LogP contribution is 2.34. The van der Waals surface area contributed by atoms with Gasteiger partial charge in [-0.15, -0.1) is 0 Å². The minimum Gasteiger partial charge on any atom is -0.488 e. The first-order chi connectivity index (χ1) is 11.0. The largest absolute Gasteiger partial charge is 0.488 e. The molecule has 5 heteroatoms. The zero-order chi connectivity index (χ0) is 16.4. The first-order valence-corrected chi connectivity index (χ1v) is 7.97. The summed E-state index contributed by atoms with van der Waals surface area (Å²) in [5, 5.41) is 12.4. The number of carboxylic acids is 1. The van der Waals surface area contributed by atoms with Crippen molar-refractivity contribution in [3.63, 3.8) is 0 Å². The van der Waals surface area contributed by atoms with Crippen LogP contribution in [-0.4, -0.2) is 29.1 Å². The third-order valence-electron chi connectivity index (χ3n) is 4.83. The Morgan fingerprint density at radius 2 is 2.09 bits per heavy atom. The van der Waals surface area contributed by atoms with Crippen molar-refractivity contribution >= 4 is 18.0 Å². The van der Waals surface area contributed by atoms with E-state index in [0.717, 1.165) is 24.2 Å². The maximum atomic E-state index is 12.6. The van der Waals surface area contributed by atoms with Crippen molar-refractivity contribution in [3.8, 4) is 5.75 Å². The Morgan fingerprint density at radius 3 is 2.87 bits per heavy atom. The Labute approximate surface area is 135 Å². The molecule has 0 radical (unpaired) electrons. The number of fused-ring (bicyclic) bond motifs is 1. The predicted molar refractivity (Wildman–Crippen MR) is 86.1 cm³/mol. The summed E-state index contributed by atoms with van der Waals surface area (Å²) in [6, 6.07) is 7.54. The second-order valence-electron chi connectivity index (χ2n) is 6.50. The number of carbonyl (C=O) groups excluding carboxylic acids is 1. The molecule has 1 aliphatic carbocycles. The maximum Gasteiger partial charge on any atom is 0.308 e. The highest BCUT2D eigenvalue weighted by Gasteiger charge is 2.42. The van der Waals surface area contributed by atoms with E-state index in [1.807, 2.05) is 37.3 Å². The molecule has 23 heavy (non-hydrogen) atoms. The summed E-state index contributed by atoms with van der Waals surface area (Å²) in [7, 11) is 0. The summed E-state index contributed by atoms with van der Waals surface area (Å²) in [4.78, 5) is 24.1. The zero-order valence-corrected chi connectivity index (χ0v) is 13.2. The van der Waals surface area contributed by atoms with E-state index in [1.54, 1.807) is 0 Å². The molecule has 2 aliphatic rings. The molecule has 0 bridgehead atoms. The molecular weight excluding hydrogens is 294 g/mol. The number of benzene rings is 1. The van der Waals surface area contributed by atoms with Gasteiger partial charge in [-0.25, -0.2) is 0 Å². The lowest BCUT2D eigenvalue weighted by molar-refractivity contribution is -0.146. The molecule has 2 atom stereocenters. The van der Waals surface area contributed by atoms with Gasteiger partial charge in [0.25, 0.3) is 5.91 Å². The standard InChI is InChI=1S/C18H21NO4/c1-18(9-5-4-7-14(18)17(21)22)19-16(20)13-10-12-6-2-3-8-15(12)23-11-13/h2-3,6,8,10,14H,4-5,7,9,11H2,1H3,(H,19,20)(H,21,22). The van der Waals surface area contributed by atoms with E-state index in [0.29, 0.717) is 18.4 Å². The average Bonchev–Trinajstić information content (AvgIpc) is 2.54. The van der Waals surface area contributed by atoms with Gasteiger partial charge in [0, 0.05) is 5.56 Å². The first kappa shape index (κ1) is 15.6. The Bertz CT molecular complexity index is 667. The highest BCUT2D eigenvalue weighted by atomic mass is 16.5. The van der Waals surface area contributed by atoms with Gasteiger partial charge in [0.05, 0.1) is 17.0 Å². The average molecular weight is 315 g/mol. The molecule has 2 N–H and O–H groups in total. The number of hydrogen-bond donors (Lipinski definition) is 2. The molecule has 0 aromatic heterocycles. The van der Waals surface area contributed by atoms with Crippen molar-refractivity contribution in [2.75, 3.05) is 6.61 Å². The molecule has 0 spiro atoms. The van der Waals surface area contributed by atoms with Gasteiger partial charge in [0.15, 0.2) is 0 Å². The maximum absolute atomic E-state index is 12.6. The minimum atomic E-state index is -0.841. The van der Waals surface area contributed by atoms with Crippen molar-refractivity contribution < 1.29 is 19.4 Å². The third-order valence-corrected chi connectivity index (χ3v) is 4.83. The van der Waals surface area contributed by atoms with Crippen LogP contribution in [0.2, 0.25) is 0 Å². The molecule has 1 fully saturated rings. The predicted octanol–water partition coefficient (Wildman–Crippen LogP) is 2.61. The van der Waals surface area contributed by atoms with Crippen LogP contribution in [0, 0.1) is 5.92 Å². The number of hydrogen-bond acceptors (Lipinski definition) is 3. The van der Waals surface area contributed by atoms with Gasteiger partial charge in [-0.2, -0.15) is 0 Å². The van der Waals surface area contributed by atoms with E-state index >= 15 is 0 Å².